The van der Waals surface area contributed by atoms with Gasteiger partial charge in [0.05, 0.1) is 11.3 Å². The molecule has 5 rings (SSSR count). The molecule has 1 aliphatic carbocycles. The van der Waals surface area contributed by atoms with Crippen molar-refractivity contribution in [2.24, 2.45) is 0 Å². The molecule has 0 saturated heterocycles. The van der Waals surface area contributed by atoms with Crippen LogP contribution in [0.15, 0.2) is 43.7 Å². The Bertz CT molecular complexity index is 1220. The summed E-state index contributed by atoms with van der Waals surface area (Å²) in [5, 5.41) is 3.02. The average molecular weight is 527 g/mol. The highest BCUT2D eigenvalue weighted by molar-refractivity contribution is 9.11. The van der Waals surface area contributed by atoms with Crippen molar-refractivity contribution in [3.8, 4) is 11.1 Å². The standard InChI is InChI=1S/C25H21Br2NO2/c1-13-7-9-15(10-8-13)23-16-5-3-4-6-20(16)30-21(23)11-17-22-14(2)18(26)12-19(27)24(22)28-25(17)29/h7-12H,3-6H2,1-2H3,(H,28,29). The lowest BCUT2D eigenvalue weighted by atomic mass is 9.90. The zero-order valence-electron chi connectivity index (χ0n) is 16.9. The molecule has 3 aromatic rings. The fourth-order valence-electron chi connectivity index (χ4n) is 4.47. The van der Waals surface area contributed by atoms with Gasteiger partial charge >= 0.3 is 0 Å². The van der Waals surface area contributed by atoms with E-state index in [0.29, 0.717) is 5.57 Å². The Morgan fingerprint density at radius 3 is 2.50 bits per heavy atom. The Balaban J connectivity index is 1.74. The first-order chi connectivity index (χ1) is 14.4. The summed E-state index contributed by atoms with van der Waals surface area (Å²) in [6.45, 7) is 4.12. The molecule has 0 fully saturated rings. The molecule has 152 valence electrons. The summed E-state index contributed by atoms with van der Waals surface area (Å²) >= 11 is 7.20. The molecule has 5 heteroatoms. The van der Waals surface area contributed by atoms with Crippen molar-refractivity contribution < 1.29 is 9.21 Å². The van der Waals surface area contributed by atoms with Crippen molar-refractivity contribution in [3.05, 3.63) is 73.1 Å². The van der Waals surface area contributed by atoms with Gasteiger partial charge in [-0.15, -0.1) is 0 Å². The number of furan rings is 1. The van der Waals surface area contributed by atoms with Gasteiger partial charge in [-0.3, -0.25) is 4.79 Å². The lowest BCUT2D eigenvalue weighted by Gasteiger charge is -2.11. The molecule has 0 radical (unpaired) electrons. The van der Waals surface area contributed by atoms with Crippen LogP contribution in [0.1, 0.15) is 46.6 Å². The first kappa shape index (κ1) is 19.8. The Morgan fingerprint density at radius 2 is 1.73 bits per heavy atom. The van der Waals surface area contributed by atoms with Crippen LogP contribution in [0, 0.1) is 13.8 Å². The van der Waals surface area contributed by atoms with Crippen LogP contribution in [0.4, 0.5) is 5.69 Å². The first-order valence-electron chi connectivity index (χ1n) is 10.2. The van der Waals surface area contributed by atoms with Gasteiger partial charge in [-0.05, 0) is 72.3 Å². The molecule has 1 N–H and O–H groups in total. The topological polar surface area (TPSA) is 42.2 Å². The van der Waals surface area contributed by atoms with Gasteiger partial charge in [0.1, 0.15) is 11.5 Å². The minimum absolute atomic E-state index is 0.101. The summed E-state index contributed by atoms with van der Waals surface area (Å²) in [7, 11) is 0. The van der Waals surface area contributed by atoms with Crippen LogP contribution in [0.25, 0.3) is 22.8 Å². The molecule has 0 saturated carbocycles. The van der Waals surface area contributed by atoms with Crippen molar-refractivity contribution in [1.29, 1.82) is 0 Å². The highest BCUT2D eigenvalue weighted by Crippen LogP contribution is 2.45. The van der Waals surface area contributed by atoms with Gasteiger partial charge in [-0.1, -0.05) is 45.8 Å². The van der Waals surface area contributed by atoms with Crippen LogP contribution in [-0.4, -0.2) is 5.91 Å². The highest BCUT2D eigenvalue weighted by Gasteiger charge is 2.31. The summed E-state index contributed by atoms with van der Waals surface area (Å²) in [4.78, 5) is 12.9. The Hall–Kier alpha value is -2.11. The van der Waals surface area contributed by atoms with E-state index in [-0.39, 0.29) is 5.91 Å². The number of anilines is 1. The Labute approximate surface area is 192 Å². The van der Waals surface area contributed by atoms with Crippen LogP contribution in [0.2, 0.25) is 0 Å². The van der Waals surface area contributed by atoms with Gasteiger partial charge in [0.2, 0.25) is 0 Å². The maximum atomic E-state index is 12.9. The summed E-state index contributed by atoms with van der Waals surface area (Å²) in [5.74, 6) is 1.74. The molecule has 1 aliphatic heterocycles. The smallest absolute Gasteiger partial charge is 0.256 e. The molecular weight excluding hydrogens is 506 g/mol. The van der Waals surface area contributed by atoms with Crippen LogP contribution in [-0.2, 0) is 17.6 Å². The summed E-state index contributed by atoms with van der Waals surface area (Å²) in [6.07, 6.45) is 6.22. The number of hydrogen-bond acceptors (Lipinski definition) is 2. The Kier molecular flexibility index (Phi) is 4.98. The maximum absolute atomic E-state index is 12.9. The monoisotopic (exact) mass is 525 g/mol. The highest BCUT2D eigenvalue weighted by atomic mass is 79.9. The number of benzene rings is 2. The molecule has 0 atom stereocenters. The maximum Gasteiger partial charge on any atom is 0.256 e. The average Bonchev–Trinajstić information content (AvgIpc) is 3.25. The molecule has 2 heterocycles. The molecule has 1 aromatic heterocycles. The number of rotatable bonds is 2. The molecule has 3 nitrogen and oxygen atoms in total. The predicted molar refractivity (Wildman–Crippen MR) is 129 cm³/mol. The number of nitrogens with one attached hydrogen (secondary N) is 1. The summed E-state index contributed by atoms with van der Waals surface area (Å²) in [6, 6.07) is 10.5. The van der Waals surface area contributed by atoms with Gasteiger partial charge < -0.3 is 9.73 Å². The minimum Gasteiger partial charge on any atom is -0.461 e. The van der Waals surface area contributed by atoms with Crippen molar-refractivity contribution in [2.75, 3.05) is 5.32 Å². The second-order valence-electron chi connectivity index (χ2n) is 8.04. The molecule has 0 unspecified atom stereocenters. The van der Waals surface area contributed by atoms with Crippen molar-refractivity contribution in [1.82, 2.24) is 0 Å². The largest absolute Gasteiger partial charge is 0.461 e. The summed E-state index contributed by atoms with van der Waals surface area (Å²) < 4.78 is 8.20. The molecule has 1 amide bonds. The fourth-order valence-corrected chi connectivity index (χ4v) is 5.73. The van der Waals surface area contributed by atoms with E-state index in [0.717, 1.165) is 67.7 Å². The van der Waals surface area contributed by atoms with Gasteiger partial charge in [0, 0.05) is 32.1 Å². The number of carbonyl (C=O) groups excluding carboxylic acids is 1. The molecule has 2 aromatic carbocycles. The molecule has 2 aliphatic rings. The normalized spacial score (nSPS) is 16.5. The van der Waals surface area contributed by atoms with Gasteiger partial charge in [-0.2, -0.15) is 0 Å². The zero-order valence-corrected chi connectivity index (χ0v) is 20.0. The number of fused-ring (bicyclic) bond motifs is 2. The number of aryl methyl sites for hydroxylation is 2. The van der Waals surface area contributed by atoms with Crippen molar-refractivity contribution in [3.63, 3.8) is 0 Å². The number of carbonyl (C=O) groups is 1. The van der Waals surface area contributed by atoms with Crippen LogP contribution in [0.3, 0.4) is 0 Å². The molecular formula is C25H21Br2NO2. The quantitative estimate of drug-likeness (QED) is 0.352. The van der Waals surface area contributed by atoms with Crippen molar-refractivity contribution in [2.45, 2.75) is 39.5 Å². The predicted octanol–water partition coefficient (Wildman–Crippen LogP) is 7.46. The fraction of sp³-hybridized carbons (Fsp3) is 0.240. The van der Waals surface area contributed by atoms with E-state index in [9.17, 15) is 4.79 Å². The number of hydrogen-bond donors (Lipinski definition) is 1. The third-order valence-electron chi connectivity index (χ3n) is 6.04. The lowest BCUT2D eigenvalue weighted by Crippen LogP contribution is -2.04. The lowest BCUT2D eigenvalue weighted by molar-refractivity contribution is -0.110. The second kappa shape index (κ2) is 7.54. The SMILES string of the molecule is Cc1ccc(-c2c(C=C3C(=O)Nc4c(Br)cc(Br)c(C)c43)oc3c2CCCC3)cc1. The molecule has 30 heavy (non-hydrogen) atoms. The molecule has 0 bridgehead atoms. The van der Waals surface area contributed by atoms with Gasteiger partial charge in [0.25, 0.3) is 5.91 Å². The van der Waals surface area contributed by atoms with Crippen molar-refractivity contribution >= 4 is 55.1 Å². The number of amides is 1. The molecule has 0 spiro atoms. The third kappa shape index (κ3) is 3.19. The van der Waals surface area contributed by atoms with Crippen LogP contribution in [0.5, 0.6) is 0 Å². The minimum atomic E-state index is -0.101. The second-order valence-corrected chi connectivity index (χ2v) is 9.75. The third-order valence-corrected chi connectivity index (χ3v) is 7.49. The zero-order chi connectivity index (χ0) is 21.0. The van der Waals surface area contributed by atoms with E-state index in [4.69, 9.17) is 4.42 Å². The summed E-state index contributed by atoms with van der Waals surface area (Å²) in [5.41, 5.74) is 8.21. The van der Waals surface area contributed by atoms with E-state index in [2.05, 4.69) is 68.4 Å². The first-order valence-corrected chi connectivity index (χ1v) is 11.8. The van der Waals surface area contributed by atoms with E-state index in [1.807, 2.05) is 19.1 Å². The number of halogens is 2. The van der Waals surface area contributed by atoms with E-state index >= 15 is 0 Å². The van der Waals surface area contributed by atoms with E-state index in [1.54, 1.807) is 0 Å². The Morgan fingerprint density at radius 1 is 1.00 bits per heavy atom. The van der Waals surface area contributed by atoms with E-state index in [1.165, 1.54) is 17.5 Å². The van der Waals surface area contributed by atoms with Gasteiger partial charge in [0.15, 0.2) is 0 Å². The van der Waals surface area contributed by atoms with Gasteiger partial charge in [-0.25, -0.2) is 0 Å². The van der Waals surface area contributed by atoms with E-state index < -0.39 is 0 Å². The van der Waals surface area contributed by atoms with Crippen LogP contribution < -0.4 is 5.32 Å². The van der Waals surface area contributed by atoms with Crippen LogP contribution >= 0.6 is 31.9 Å².